The summed E-state index contributed by atoms with van der Waals surface area (Å²) < 4.78 is 2.18. The number of rotatable bonds is 1. The number of fused-ring (bicyclic) bond motifs is 1. The first-order chi connectivity index (χ1) is 8.65. The van der Waals surface area contributed by atoms with E-state index in [1.54, 1.807) is 17.4 Å². The van der Waals surface area contributed by atoms with E-state index in [0.717, 1.165) is 30.8 Å². The summed E-state index contributed by atoms with van der Waals surface area (Å²) in [6.45, 7) is 1.91. The van der Waals surface area contributed by atoms with E-state index >= 15 is 0 Å². The summed E-state index contributed by atoms with van der Waals surface area (Å²) in [5.74, 6) is 0.313. The summed E-state index contributed by atoms with van der Waals surface area (Å²) in [4.78, 5) is 4.62. The normalized spacial score (nSPS) is 11.0. The van der Waals surface area contributed by atoms with Gasteiger partial charge in [-0.2, -0.15) is 0 Å². The molecule has 0 fully saturated rings. The fourth-order valence-corrected chi connectivity index (χ4v) is 3.25. The van der Waals surface area contributed by atoms with Crippen LogP contribution in [-0.2, 0) is 0 Å². The highest BCUT2D eigenvalue weighted by molar-refractivity contribution is 9.10. The molecule has 3 rings (SSSR count). The topological polar surface area (TPSA) is 33.1 Å². The van der Waals surface area contributed by atoms with E-state index in [1.807, 2.05) is 31.2 Å². The summed E-state index contributed by atoms with van der Waals surface area (Å²) >= 11 is 5.09. The molecule has 2 aromatic carbocycles. The third-order valence-corrected chi connectivity index (χ3v) is 4.45. The van der Waals surface area contributed by atoms with E-state index in [2.05, 4.69) is 27.0 Å². The number of thiazole rings is 1. The van der Waals surface area contributed by atoms with Crippen LogP contribution in [0.15, 0.2) is 40.9 Å². The number of nitrogens with zero attached hydrogens (tertiary/aromatic N) is 1. The molecular weight excluding hydrogens is 310 g/mol. The molecule has 4 heteroatoms. The maximum atomic E-state index is 9.75. The first kappa shape index (κ1) is 11.7. The Morgan fingerprint density at radius 2 is 2.06 bits per heavy atom. The molecule has 1 heterocycles. The molecule has 18 heavy (non-hydrogen) atoms. The molecule has 0 unspecified atom stereocenters. The molecule has 0 aliphatic rings. The third kappa shape index (κ3) is 1.91. The standard InChI is InChI=1S/C14H10BrNOS/c1-8-10(3-2-4-12(8)17)14-16-11-7-9(15)5-6-13(11)18-14/h2-7,17H,1H3. The number of halogens is 1. The van der Waals surface area contributed by atoms with Gasteiger partial charge in [-0.1, -0.05) is 28.1 Å². The van der Waals surface area contributed by atoms with Crippen molar-refractivity contribution in [2.75, 3.05) is 0 Å². The zero-order chi connectivity index (χ0) is 12.7. The summed E-state index contributed by atoms with van der Waals surface area (Å²) in [5.41, 5.74) is 2.84. The Kier molecular flexibility index (Phi) is 2.84. The van der Waals surface area contributed by atoms with Gasteiger partial charge in [0.15, 0.2) is 0 Å². The second kappa shape index (κ2) is 4.37. The molecule has 90 valence electrons. The van der Waals surface area contributed by atoms with Gasteiger partial charge in [-0.15, -0.1) is 11.3 Å². The molecule has 2 nitrogen and oxygen atoms in total. The van der Waals surface area contributed by atoms with Crippen LogP contribution in [0.2, 0.25) is 0 Å². The molecular formula is C14H10BrNOS. The van der Waals surface area contributed by atoms with Crippen molar-refractivity contribution < 1.29 is 5.11 Å². The Labute approximate surface area is 117 Å². The average Bonchev–Trinajstić information content (AvgIpc) is 2.75. The Balaban J connectivity index is 2.22. The second-order valence-corrected chi connectivity index (χ2v) is 6.03. The summed E-state index contributed by atoms with van der Waals surface area (Å²) in [6.07, 6.45) is 0. The van der Waals surface area contributed by atoms with Crippen molar-refractivity contribution in [3.63, 3.8) is 0 Å². The number of aromatic nitrogens is 1. The minimum absolute atomic E-state index is 0.313. The summed E-state index contributed by atoms with van der Waals surface area (Å²) in [5, 5.41) is 10.7. The molecule has 0 aliphatic heterocycles. The van der Waals surface area contributed by atoms with Gasteiger partial charge < -0.3 is 5.11 Å². The molecule has 0 spiro atoms. The highest BCUT2D eigenvalue weighted by Crippen LogP contribution is 2.35. The third-order valence-electron chi connectivity index (χ3n) is 2.89. The highest BCUT2D eigenvalue weighted by atomic mass is 79.9. The van der Waals surface area contributed by atoms with Gasteiger partial charge in [-0.25, -0.2) is 4.98 Å². The van der Waals surface area contributed by atoms with Gasteiger partial charge in [-0.05, 0) is 31.2 Å². The first-order valence-electron chi connectivity index (χ1n) is 5.50. The minimum Gasteiger partial charge on any atom is -0.508 e. The summed E-state index contributed by atoms with van der Waals surface area (Å²) in [7, 11) is 0. The molecule has 1 aromatic heterocycles. The lowest BCUT2D eigenvalue weighted by Gasteiger charge is -2.03. The van der Waals surface area contributed by atoms with E-state index in [9.17, 15) is 5.11 Å². The molecule has 0 saturated carbocycles. The number of phenolic OH excluding ortho intramolecular Hbond substituents is 1. The SMILES string of the molecule is Cc1c(O)cccc1-c1nc2cc(Br)ccc2s1. The van der Waals surface area contributed by atoms with Crippen LogP contribution in [0.25, 0.3) is 20.8 Å². The van der Waals surface area contributed by atoms with E-state index in [0.29, 0.717) is 5.75 Å². The van der Waals surface area contributed by atoms with Crippen LogP contribution < -0.4 is 0 Å². The molecule has 0 radical (unpaired) electrons. The van der Waals surface area contributed by atoms with Gasteiger partial charge >= 0.3 is 0 Å². The van der Waals surface area contributed by atoms with Crippen LogP contribution in [0.1, 0.15) is 5.56 Å². The van der Waals surface area contributed by atoms with E-state index in [-0.39, 0.29) is 0 Å². The second-order valence-electron chi connectivity index (χ2n) is 4.08. The Morgan fingerprint density at radius 1 is 1.22 bits per heavy atom. The number of aromatic hydroxyl groups is 1. The molecule has 0 atom stereocenters. The van der Waals surface area contributed by atoms with Crippen molar-refractivity contribution in [1.82, 2.24) is 4.98 Å². The van der Waals surface area contributed by atoms with Crippen LogP contribution >= 0.6 is 27.3 Å². The van der Waals surface area contributed by atoms with Crippen LogP contribution in [0.4, 0.5) is 0 Å². The van der Waals surface area contributed by atoms with Crippen molar-refractivity contribution in [3.8, 4) is 16.3 Å². The van der Waals surface area contributed by atoms with Crippen LogP contribution in [0.3, 0.4) is 0 Å². The number of hydrogen-bond donors (Lipinski definition) is 1. The monoisotopic (exact) mass is 319 g/mol. The average molecular weight is 320 g/mol. The Morgan fingerprint density at radius 3 is 2.89 bits per heavy atom. The number of benzene rings is 2. The lowest BCUT2D eigenvalue weighted by Crippen LogP contribution is -1.82. The van der Waals surface area contributed by atoms with Crippen molar-refractivity contribution in [1.29, 1.82) is 0 Å². The molecule has 0 saturated heterocycles. The van der Waals surface area contributed by atoms with Gasteiger partial charge in [0.25, 0.3) is 0 Å². The van der Waals surface area contributed by atoms with Gasteiger partial charge in [0.05, 0.1) is 10.2 Å². The summed E-state index contributed by atoms with van der Waals surface area (Å²) in [6, 6.07) is 11.6. The molecule has 0 amide bonds. The van der Waals surface area contributed by atoms with Gasteiger partial charge in [0.1, 0.15) is 10.8 Å². The quantitative estimate of drug-likeness (QED) is 0.702. The van der Waals surface area contributed by atoms with Crippen molar-refractivity contribution in [2.45, 2.75) is 6.92 Å². The maximum absolute atomic E-state index is 9.75. The fourth-order valence-electron chi connectivity index (χ4n) is 1.87. The van der Waals surface area contributed by atoms with Gasteiger partial charge in [0, 0.05) is 15.6 Å². The lowest BCUT2D eigenvalue weighted by atomic mass is 10.1. The van der Waals surface area contributed by atoms with Crippen molar-refractivity contribution >= 4 is 37.5 Å². The van der Waals surface area contributed by atoms with E-state index in [4.69, 9.17) is 0 Å². The Hall–Kier alpha value is -1.39. The largest absolute Gasteiger partial charge is 0.508 e. The molecule has 0 aliphatic carbocycles. The van der Waals surface area contributed by atoms with Crippen LogP contribution in [0, 0.1) is 6.92 Å². The van der Waals surface area contributed by atoms with Gasteiger partial charge in [-0.3, -0.25) is 0 Å². The predicted octanol–water partition coefficient (Wildman–Crippen LogP) is 4.74. The minimum atomic E-state index is 0.313. The fraction of sp³-hybridized carbons (Fsp3) is 0.0714. The zero-order valence-electron chi connectivity index (χ0n) is 9.64. The molecule has 0 bridgehead atoms. The van der Waals surface area contributed by atoms with E-state index in [1.165, 1.54) is 0 Å². The van der Waals surface area contributed by atoms with Crippen LogP contribution in [-0.4, -0.2) is 10.1 Å². The van der Waals surface area contributed by atoms with Crippen LogP contribution in [0.5, 0.6) is 5.75 Å². The van der Waals surface area contributed by atoms with Crippen molar-refractivity contribution in [2.24, 2.45) is 0 Å². The zero-order valence-corrected chi connectivity index (χ0v) is 12.0. The number of hydrogen-bond acceptors (Lipinski definition) is 3. The smallest absolute Gasteiger partial charge is 0.125 e. The lowest BCUT2D eigenvalue weighted by molar-refractivity contribution is 0.471. The molecule has 1 N–H and O–H groups in total. The van der Waals surface area contributed by atoms with E-state index < -0.39 is 0 Å². The predicted molar refractivity (Wildman–Crippen MR) is 79.2 cm³/mol. The van der Waals surface area contributed by atoms with Gasteiger partial charge in [0.2, 0.25) is 0 Å². The highest BCUT2D eigenvalue weighted by Gasteiger charge is 2.10. The number of phenols is 1. The van der Waals surface area contributed by atoms with Crippen molar-refractivity contribution in [3.05, 3.63) is 46.4 Å². The Bertz CT molecular complexity index is 736. The maximum Gasteiger partial charge on any atom is 0.125 e. The first-order valence-corrected chi connectivity index (χ1v) is 7.11. The molecule has 3 aromatic rings.